The van der Waals surface area contributed by atoms with Gasteiger partial charge in [0.15, 0.2) is 0 Å². The van der Waals surface area contributed by atoms with Gasteiger partial charge in [0.2, 0.25) is 0 Å². The summed E-state index contributed by atoms with van der Waals surface area (Å²) in [7, 11) is 0. The zero-order valence-corrected chi connectivity index (χ0v) is 12.1. The Labute approximate surface area is 127 Å². The van der Waals surface area contributed by atoms with Gasteiger partial charge in [-0.25, -0.2) is 4.98 Å². The first kappa shape index (κ1) is 13.3. The van der Waals surface area contributed by atoms with Crippen molar-refractivity contribution in [3.05, 3.63) is 52.1 Å². The molecular formula is C16H17N3O3. The molecule has 0 bridgehead atoms. The van der Waals surface area contributed by atoms with Crippen molar-refractivity contribution in [2.24, 2.45) is 5.92 Å². The van der Waals surface area contributed by atoms with E-state index in [0.717, 1.165) is 25.0 Å². The van der Waals surface area contributed by atoms with E-state index in [-0.39, 0.29) is 17.2 Å². The van der Waals surface area contributed by atoms with Crippen molar-refractivity contribution in [1.29, 1.82) is 0 Å². The molecule has 114 valence electrons. The Bertz CT molecular complexity index is 740. The topological polar surface area (TPSA) is 79.2 Å². The fourth-order valence-electron chi connectivity index (χ4n) is 2.88. The average Bonchev–Trinajstić information content (AvgIpc) is 3.19. The van der Waals surface area contributed by atoms with Crippen molar-refractivity contribution in [1.82, 2.24) is 14.9 Å². The summed E-state index contributed by atoms with van der Waals surface area (Å²) < 4.78 is 5.32. The molecule has 1 aliphatic carbocycles. The summed E-state index contributed by atoms with van der Waals surface area (Å²) in [5.41, 5.74) is 0.0232. The van der Waals surface area contributed by atoms with Gasteiger partial charge < -0.3 is 14.3 Å². The third-order valence-corrected chi connectivity index (χ3v) is 4.26. The predicted octanol–water partition coefficient (Wildman–Crippen LogP) is 1.56. The summed E-state index contributed by atoms with van der Waals surface area (Å²) in [5.74, 6) is 2.19. The molecule has 4 rings (SSSR count). The zero-order valence-electron chi connectivity index (χ0n) is 12.1. The highest BCUT2D eigenvalue weighted by Crippen LogP contribution is 2.37. The van der Waals surface area contributed by atoms with E-state index in [9.17, 15) is 9.59 Å². The van der Waals surface area contributed by atoms with Crippen LogP contribution in [0, 0.1) is 5.92 Å². The van der Waals surface area contributed by atoms with Crippen LogP contribution in [0.5, 0.6) is 0 Å². The molecule has 1 saturated carbocycles. The maximum atomic E-state index is 12.4. The Morgan fingerprint density at radius 3 is 2.91 bits per heavy atom. The maximum Gasteiger partial charge on any atom is 0.272 e. The largest absolute Gasteiger partial charge is 0.469 e. The summed E-state index contributed by atoms with van der Waals surface area (Å²) in [6.07, 6.45) is 4.58. The number of aromatic nitrogens is 2. The Balaban J connectivity index is 1.42. The molecule has 0 unspecified atom stereocenters. The fraction of sp³-hybridized carbons (Fsp3) is 0.438. The lowest BCUT2D eigenvalue weighted by atomic mass is 9.94. The number of amides is 1. The molecule has 2 aliphatic rings. The molecule has 0 spiro atoms. The molecule has 22 heavy (non-hydrogen) atoms. The lowest BCUT2D eigenvalue weighted by molar-refractivity contribution is 0.0485. The van der Waals surface area contributed by atoms with E-state index in [1.807, 2.05) is 12.1 Å². The predicted molar refractivity (Wildman–Crippen MR) is 78.6 cm³/mol. The second-order valence-corrected chi connectivity index (χ2v) is 6.15. The van der Waals surface area contributed by atoms with Crippen molar-refractivity contribution in [3.63, 3.8) is 0 Å². The maximum absolute atomic E-state index is 12.4. The van der Waals surface area contributed by atoms with Gasteiger partial charge in [-0.2, -0.15) is 0 Å². The molecule has 0 aromatic carbocycles. The van der Waals surface area contributed by atoms with Gasteiger partial charge in [0.25, 0.3) is 11.5 Å². The first-order valence-corrected chi connectivity index (χ1v) is 7.62. The standard InChI is InChI=1S/C16H17N3O3/c20-14-7-13(17-15(18-14)11-3-4-11)16(21)19-8-10(9-19)6-12-2-1-5-22-12/h1-2,5,7,10-11H,3-4,6,8-9H2,(H,17,18,20). The minimum absolute atomic E-state index is 0.149. The van der Waals surface area contributed by atoms with Gasteiger partial charge in [-0.3, -0.25) is 9.59 Å². The van der Waals surface area contributed by atoms with Gasteiger partial charge in [0.1, 0.15) is 17.3 Å². The molecule has 1 aliphatic heterocycles. The van der Waals surface area contributed by atoms with Gasteiger partial charge in [0, 0.05) is 37.4 Å². The minimum atomic E-state index is -0.243. The molecule has 2 aromatic heterocycles. The number of H-pyrrole nitrogens is 1. The fourth-order valence-corrected chi connectivity index (χ4v) is 2.88. The van der Waals surface area contributed by atoms with Crippen LogP contribution in [0.1, 0.15) is 40.8 Å². The van der Waals surface area contributed by atoms with E-state index in [1.165, 1.54) is 6.07 Å². The van der Waals surface area contributed by atoms with Crippen LogP contribution in [0.15, 0.2) is 33.7 Å². The molecule has 1 amide bonds. The molecule has 1 saturated heterocycles. The summed E-state index contributed by atoms with van der Waals surface area (Å²) in [6, 6.07) is 5.12. The van der Waals surface area contributed by atoms with Crippen LogP contribution >= 0.6 is 0 Å². The summed E-state index contributed by atoms with van der Waals surface area (Å²) in [4.78, 5) is 32.9. The number of carbonyl (C=O) groups is 1. The van der Waals surface area contributed by atoms with Crippen molar-refractivity contribution < 1.29 is 9.21 Å². The zero-order chi connectivity index (χ0) is 15.1. The summed E-state index contributed by atoms with van der Waals surface area (Å²) in [6.45, 7) is 1.37. The van der Waals surface area contributed by atoms with Crippen LogP contribution < -0.4 is 5.56 Å². The molecule has 1 N–H and O–H groups in total. The number of hydrogen-bond donors (Lipinski definition) is 1. The number of nitrogens with zero attached hydrogens (tertiary/aromatic N) is 2. The first-order valence-electron chi connectivity index (χ1n) is 7.62. The van der Waals surface area contributed by atoms with Crippen molar-refractivity contribution >= 4 is 5.91 Å². The molecule has 0 atom stereocenters. The lowest BCUT2D eigenvalue weighted by Gasteiger charge is -2.38. The number of carbonyl (C=O) groups excluding carboxylic acids is 1. The molecule has 6 heteroatoms. The number of hydrogen-bond acceptors (Lipinski definition) is 4. The quantitative estimate of drug-likeness (QED) is 0.929. The molecule has 2 aromatic rings. The molecular weight excluding hydrogens is 282 g/mol. The van der Waals surface area contributed by atoms with Crippen LogP contribution in [0.3, 0.4) is 0 Å². The lowest BCUT2D eigenvalue weighted by Crippen LogP contribution is -2.51. The highest BCUT2D eigenvalue weighted by Gasteiger charge is 2.33. The SMILES string of the molecule is O=C(c1cc(=O)[nH]c(C2CC2)n1)N1CC(Cc2ccco2)C1. The van der Waals surface area contributed by atoms with Gasteiger partial charge >= 0.3 is 0 Å². The van der Waals surface area contributed by atoms with E-state index in [1.54, 1.807) is 11.2 Å². The summed E-state index contributed by atoms with van der Waals surface area (Å²) in [5, 5.41) is 0. The van der Waals surface area contributed by atoms with Crippen LogP contribution in [0.4, 0.5) is 0 Å². The van der Waals surface area contributed by atoms with Crippen LogP contribution in [0.2, 0.25) is 0 Å². The third-order valence-electron chi connectivity index (χ3n) is 4.26. The Kier molecular flexibility index (Phi) is 3.10. The van der Waals surface area contributed by atoms with E-state index >= 15 is 0 Å². The minimum Gasteiger partial charge on any atom is -0.469 e. The highest BCUT2D eigenvalue weighted by molar-refractivity contribution is 5.92. The number of furan rings is 1. The Morgan fingerprint density at radius 2 is 2.23 bits per heavy atom. The van der Waals surface area contributed by atoms with Gasteiger partial charge in [-0.1, -0.05) is 0 Å². The Morgan fingerprint density at radius 1 is 1.41 bits per heavy atom. The number of nitrogens with one attached hydrogen (secondary N) is 1. The second kappa shape index (κ2) is 5.12. The van der Waals surface area contributed by atoms with Crippen LogP contribution in [-0.4, -0.2) is 33.9 Å². The second-order valence-electron chi connectivity index (χ2n) is 6.15. The third kappa shape index (κ3) is 2.56. The van der Waals surface area contributed by atoms with Gasteiger partial charge in [-0.15, -0.1) is 0 Å². The highest BCUT2D eigenvalue weighted by atomic mass is 16.3. The number of rotatable bonds is 4. The van der Waals surface area contributed by atoms with E-state index < -0.39 is 0 Å². The number of aromatic amines is 1. The Hall–Kier alpha value is -2.37. The van der Waals surface area contributed by atoms with E-state index in [0.29, 0.717) is 30.7 Å². The van der Waals surface area contributed by atoms with E-state index in [4.69, 9.17) is 4.42 Å². The van der Waals surface area contributed by atoms with Gasteiger partial charge in [0.05, 0.1) is 6.26 Å². The molecule has 2 fully saturated rings. The van der Waals surface area contributed by atoms with Crippen molar-refractivity contribution in [3.8, 4) is 0 Å². The van der Waals surface area contributed by atoms with E-state index in [2.05, 4.69) is 9.97 Å². The smallest absolute Gasteiger partial charge is 0.272 e. The molecule has 3 heterocycles. The first-order chi connectivity index (χ1) is 10.7. The average molecular weight is 299 g/mol. The number of likely N-dealkylation sites (tertiary alicyclic amines) is 1. The van der Waals surface area contributed by atoms with Crippen LogP contribution in [-0.2, 0) is 6.42 Å². The van der Waals surface area contributed by atoms with Crippen LogP contribution in [0.25, 0.3) is 0 Å². The monoisotopic (exact) mass is 299 g/mol. The molecule has 6 nitrogen and oxygen atoms in total. The normalized spacial score (nSPS) is 18.3. The van der Waals surface area contributed by atoms with Gasteiger partial charge in [-0.05, 0) is 25.0 Å². The summed E-state index contributed by atoms with van der Waals surface area (Å²) >= 11 is 0. The van der Waals surface area contributed by atoms with Crippen molar-refractivity contribution in [2.75, 3.05) is 13.1 Å². The molecule has 0 radical (unpaired) electrons. The van der Waals surface area contributed by atoms with Crippen molar-refractivity contribution in [2.45, 2.75) is 25.2 Å².